The summed E-state index contributed by atoms with van der Waals surface area (Å²) >= 11 is 0. The minimum absolute atomic E-state index is 0.650. The summed E-state index contributed by atoms with van der Waals surface area (Å²) < 4.78 is 5.69. The molecule has 6 nitrogen and oxygen atoms in total. The minimum Gasteiger partial charge on any atom is -0.494 e. The molecule has 33 heavy (non-hydrogen) atoms. The van der Waals surface area contributed by atoms with Crippen LogP contribution in [0.5, 0.6) is 5.75 Å². The third kappa shape index (κ3) is 5.98. The summed E-state index contributed by atoms with van der Waals surface area (Å²) in [5.41, 5.74) is 6.27. The van der Waals surface area contributed by atoms with E-state index in [-0.39, 0.29) is 0 Å². The van der Waals surface area contributed by atoms with Crippen LogP contribution in [0.1, 0.15) is 20.3 Å². The number of hydrogen-bond acceptors (Lipinski definition) is 6. The molecule has 0 saturated heterocycles. The van der Waals surface area contributed by atoms with Gasteiger partial charge in [0, 0.05) is 44.5 Å². The minimum atomic E-state index is 0.650. The van der Waals surface area contributed by atoms with Gasteiger partial charge in [-0.1, -0.05) is 31.2 Å². The fourth-order valence-corrected chi connectivity index (χ4v) is 3.50. The Bertz CT molecular complexity index is 1180. The molecule has 3 aromatic rings. The second kappa shape index (κ2) is 11.3. The number of benzene rings is 2. The summed E-state index contributed by atoms with van der Waals surface area (Å²) in [5.74, 6) is 1.50. The molecule has 0 saturated carbocycles. The third-order valence-electron chi connectivity index (χ3n) is 5.46. The Morgan fingerprint density at radius 3 is 2.48 bits per heavy atom. The lowest BCUT2D eigenvalue weighted by atomic mass is 10.0. The number of aromatic nitrogens is 2. The van der Waals surface area contributed by atoms with Crippen molar-refractivity contribution in [2.24, 2.45) is 4.99 Å². The zero-order valence-electron chi connectivity index (χ0n) is 20.4. The molecule has 0 aliphatic carbocycles. The molecule has 0 unspecified atom stereocenters. The van der Waals surface area contributed by atoms with E-state index in [9.17, 15) is 0 Å². The molecule has 0 radical (unpaired) electrons. The number of anilines is 2. The van der Waals surface area contributed by atoms with Crippen molar-refractivity contribution in [1.82, 2.24) is 9.97 Å². The molecule has 0 fully saturated rings. The molecule has 1 heterocycles. The molecule has 6 heteroatoms. The number of allylic oxidation sites excluding steroid dienone is 2. The van der Waals surface area contributed by atoms with E-state index < -0.39 is 0 Å². The number of nitrogens with zero attached hydrogens (tertiary/aromatic N) is 4. The van der Waals surface area contributed by atoms with Crippen LogP contribution < -0.4 is 15.0 Å². The lowest BCUT2D eigenvalue weighted by Crippen LogP contribution is -2.08. The first-order valence-electron chi connectivity index (χ1n) is 11.1. The maximum Gasteiger partial charge on any atom is 0.145 e. The van der Waals surface area contributed by atoms with Gasteiger partial charge in [0.15, 0.2) is 0 Å². The van der Waals surface area contributed by atoms with Crippen LogP contribution in [0.15, 0.2) is 71.5 Å². The SMILES string of the molecule is CC/C=C(/C=C\C(C)=NC)CNc1ncnc2c(OC)cc(-c3ccc(N(C)C)cc3)cc12. The number of rotatable bonds is 9. The number of ether oxygens (including phenoxy) is 1. The largest absolute Gasteiger partial charge is 0.494 e. The monoisotopic (exact) mass is 443 g/mol. The van der Waals surface area contributed by atoms with Crippen molar-refractivity contribution in [3.05, 3.63) is 66.5 Å². The van der Waals surface area contributed by atoms with Gasteiger partial charge < -0.3 is 15.0 Å². The molecular weight excluding hydrogens is 410 g/mol. The first-order chi connectivity index (χ1) is 16.0. The number of methoxy groups -OCH3 is 1. The Kier molecular flexibility index (Phi) is 8.19. The predicted octanol–water partition coefficient (Wildman–Crippen LogP) is 5.77. The molecule has 0 spiro atoms. The summed E-state index contributed by atoms with van der Waals surface area (Å²) in [5, 5.41) is 4.42. The maximum absolute atomic E-state index is 5.69. The van der Waals surface area contributed by atoms with Gasteiger partial charge in [0.1, 0.15) is 23.4 Å². The van der Waals surface area contributed by atoms with E-state index in [1.807, 2.05) is 33.2 Å². The summed E-state index contributed by atoms with van der Waals surface area (Å²) in [6, 6.07) is 12.6. The van der Waals surface area contributed by atoms with Gasteiger partial charge in [-0.3, -0.25) is 4.99 Å². The Morgan fingerprint density at radius 1 is 1.09 bits per heavy atom. The summed E-state index contributed by atoms with van der Waals surface area (Å²) in [6.07, 6.45) is 8.86. The van der Waals surface area contributed by atoms with E-state index in [0.717, 1.165) is 51.4 Å². The van der Waals surface area contributed by atoms with Crippen LogP contribution in [0.2, 0.25) is 0 Å². The first kappa shape index (κ1) is 24.0. The van der Waals surface area contributed by atoms with Gasteiger partial charge in [-0.05, 0) is 60.4 Å². The highest BCUT2D eigenvalue weighted by Gasteiger charge is 2.12. The zero-order valence-corrected chi connectivity index (χ0v) is 20.4. The molecule has 1 aromatic heterocycles. The van der Waals surface area contributed by atoms with E-state index in [1.54, 1.807) is 20.5 Å². The first-order valence-corrected chi connectivity index (χ1v) is 11.1. The van der Waals surface area contributed by atoms with Crippen molar-refractivity contribution in [2.75, 3.05) is 45.0 Å². The van der Waals surface area contributed by atoms with Gasteiger partial charge >= 0.3 is 0 Å². The van der Waals surface area contributed by atoms with E-state index in [0.29, 0.717) is 6.54 Å². The summed E-state index contributed by atoms with van der Waals surface area (Å²) in [4.78, 5) is 15.3. The molecule has 0 aliphatic heterocycles. The molecular formula is C27H33N5O. The Morgan fingerprint density at radius 2 is 1.85 bits per heavy atom. The van der Waals surface area contributed by atoms with Gasteiger partial charge in [0.25, 0.3) is 0 Å². The highest BCUT2D eigenvalue weighted by molar-refractivity contribution is 5.97. The van der Waals surface area contributed by atoms with Crippen LogP contribution in [0, 0.1) is 0 Å². The molecule has 0 amide bonds. The smallest absolute Gasteiger partial charge is 0.145 e. The average molecular weight is 444 g/mol. The van der Waals surface area contributed by atoms with Crippen molar-refractivity contribution in [2.45, 2.75) is 20.3 Å². The lowest BCUT2D eigenvalue weighted by molar-refractivity contribution is 0.419. The third-order valence-corrected chi connectivity index (χ3v) is 5.46. The highest BCUT2D eigenvalue weighted by atomic mass is 16.5. The number of hydrogen-bond donors (Lipinski definition) is 1. The predicted molar refractivity (Wildman–Crippen MR) is 141 cm³/mol. The van der Waals surface area contributed by atoms with Crippen LogP contribution in [-0.2, 0) is 0 Å². The van der Waals surface area contributed by atoms with Crippen LogP contribution in [0.4, 0.5) is 11.5 Å². The van der Waals surface area contributed by atoms with Gasteiger partial charge in [-0.25, -0.2) is 9.97 Å². The fraction of sp³-hybridized carbons (Fsp3) is 0.296. The van der Waals surface area contributed by atoms with Gasteiger partial charge in [-0.15, -0.1) is 0 Å². The maximum atomic E-state index is 5.69. The Hall–Kier alpha value is -3.67. The zero-order chi connectivity index (χ0) is 23.8. The Balaban J connectivity index is 1.98. The van der Waals surface area contributed by atoms with Crippen molar-refractivity contribution >= 4 is 28.1 Å². The molecule has 0 aliphatic rings. The van der Waals surface area contributed by atoms with Crippen molar-refractivity contribution in [3.63, 3.8) is 0 Å². The van der Waals surface area contributed by atoms with Crippen molar-refractivity contribution in [1.29, 1.82) is 0 Å². The number of fused-ring (bicyclic) bond motifs is 1. The number of aliphatic imine (C=N–C) groups is 1. The lowest BCUT2D eigenvalue weighted by Gasteiger charge is -2.15. The number of nitrogens with one attached hydrogen (secondary N) is 1. The average Bonchev–Trinajstić information content (AvgIpc) is 2.84. The van der Waals surface area contributed by atoms with E-state index >= 15 is 0 Å². The van der Waals surface area contributed by atoms with Crippen LogP contribution in [-0.4, -0.2) is 50.5 Å². The van der Waals surface area contributed by atoms with E-state index in [4.69, 9.17) is 4.74 Å². The standard InChI is InChI=1S/C27H33N5O/c1-7-8-20(10-9-19(2)28-3)17-29-27-24-15-22(16-25(33-6)26(24)30-18-31-27)21-11-13-23(14-12-21)32(4)5/h8-16,18H,7,17H2,1-6H3,(H,29,30,31)/b10-9-,20-8-,28-19?. The van der Waals surface area contributed by atoms with Crippen LogP contribution in [0.25, 0.3) is 22.0 Å². The second-order valence-corrected chi connectivity index (χ2v) is 7.98. The van der Waals surface area contributed by atoms with E-state index in [2.05, 4.69) is 74.6 Å². The quantitative estimate of drug-likeness (QED) is 0.336. The molecule has 0 bridgehead atoms. The molecule has 2 aromatic carbocycles. The normalized spacial score (nSPS) is 12.4. The summed E-state index contributed by atoms with van der Waals surface area (Å²) in [6.45, 7) is 4.77. The molecule has 3 rings (SSSR count). The summed E-state index contributed by atoms with van der Waals surface area (Å²) in [7, 11) is 7.55. The van der Waals surface area contributed by atoms with Crippen molar-refractivity contribution in [3.8, 4) is 16.9 Å². The van der Waals surface area contributed by atoms with E-state index in [1.165, 1.54) is 5.57 Å². The Labute approximate surface area is 196 Å². The van der Waals surface area contributed by atoms with Crippen LogP contribution >= 0.6 is 0 Å². The van der Waals surface area contributed by atoms with Gasteiger partial charge in [0.2, 0.25) is 0 Å². The topological polar surface area (TPSA) is 62.6 Å². The van der Waals surface area contributed by atoms with Gasteiger partial charge in [0.05, 0.1) is 7.11 Å². The molecule has 172 valence electrons. The van der Waals surface area contributed by atoms with Crippen LogP contribution in [0.3, 0.4) is 0 Å². The highest BCUT2D eigenvalue weighted by Crippen LogP contribution is 2.34. The van der Waals surface area contributed by atoms with Gasteiger partial charge in [-0.2, -0.15) is 0 Å². The second-order valence-electron chi connectivity index (χ2n) is 7.98. The fourth-order valence-electron chi connectivity index (χ4n) is 3.50. The molecule has 1 N–H and O–H groups in total. The van der Waals surface area contributed by atoms with Crippen molar-refractivity contribution < 1.29 is 4.74 Å². The molecule has 0 atom stereocenters.